The van der Waals surface area contributed by atoms with E-state index in [1.807, 2.05) is 47.6 Å². The summed E-state index contributed by atoms with van der Waals surface area (Å²) in [6.45, 7) is 11.9. The van der Waals surface area contributed by atoms with Gasteiger partial charge in [-0.15, -0.1) is 0 Å². The van der Waals surface area contributed by atoms with Gasteiger partial charge in [-0.25, -0.2) is 9.13 Å². The van der Waals surface area contributed by atoms with Crippen LogP contribution in [0.2, 0.25) is 0 Å². The molecule has 0 aromatic heterocycles. The Kier molecular flexibility index (Phi) is 14.5. The van der Waals surface area contributed by atoms with Gasteiger partial charge in [-0.05, 0) is 79.2 Å². The lowest BCUT2D eigenvalue weighted by molar-refractivity contribution is 0.137. The summed E-state index contributed by atoms with van der Waals surface area (Å²) in [7, 11) is -10.1. The van der Waals surface area contributed by atoms with Crippen LogP contribution < -0.4 is 0 Å². The molecule has 12 heteroatoms. The predicted octanol–water partition coefficient (Wildman–Crippen LogP) is 7.61. The highest BCUT2D eigenvalue weighted by Crippen LogP contribution is 2.61. The lowest BCUT2D eigenvalue weighted by Crippen LogP contribution is -2.09. The van der Waals surface area contributed by atoms with Crippen molar-refractivity contribution in [2.45, 2.75) is 79.8 Å². The molecule has 0 fully saturated rings. The number of azide groups is 1. The summed E-state index contributed by atoms with van der Waals surface area (Å²) in [5.41, 5.74) is 12.6. The van der Waals surface area contributed by atoms with Gasteiger partial charge in [0.1, 0.15) is 5.28 Å². The van der Waals surface area contributed by atoms with Crippen LogP contribution >= 0.6 is 15.6 Å². The zero-order chi connectivity index (χ0) is 24.8. The molecule has 0 amide bonds. The Bertz CT molecular complexity index is 866. The third-order valence-electron chi connectivity index (χ3n) is 4.00. The first-order valence-corrected chi connectivity index (χ1v) is 13.1. The first-order valence-electron chi connectivity index (χ1n) is 10.1. The molecule has 0 spiro atoms. The minimum atomic E-state index is -5.12. The molecule has 3 unspecified atom stereocenters. The van der Waals surface area contributed by atoms with Crippen molar-refractivity contribution >= 4 is 15.6 Å². The van der Waals surface area contributed by atoms with Crippen LogP contribution in [0.15, 0.2) is 51.9 Å². The van der Waals surface area contributed by atoms with Crippen LogP contribution in [0.4, 0.5) is 0 Å². The lowest BCUT2D eigenvalue weighted by Gasteiger charge is -2.19. The molecule has 32 heavy (non-hydrogen) atoms. The number of nitrogens with zero attached hydrogens (tertiary/aromatic N) is 3. The Hall–Kier alpha value is -1.63. The van der Waals surface area contributed by atoms with E-state index < -0.39 is 21.7 Å². The van der Waals surface area contributed by atoms with Crippen LogP contribution in [-0.2, 0) is 22.6 Å². The van der Waals surface area contributed by atoms with Gasteiger partial charge in [-0.3, -0.25) is 9.42 Å². The van der Waals surface area contributed by atoms with E-state index in [2.05, 4.69) is 31.3 Å². The monoisotopic (exact) mass is 491 g/mol. The molecular formula is C20H35N3O7P2. The predicted molar refractivity (Wildman–Crippen MR) is 125 cm³/mol. The number of phosphoric acid groups is 2. The molecule has 0 aliphatic carbocycles. The van der Waals surface area contributed by atoms with E-state index >= 15 is 0 Å². The zero-order valence-electron chi connectivity index (χ0n) is 19.6. The molecule has 0 aliphatic heterocycles. The van der Waals surface area contributed by atoms with Gasteiger partial charge in [0.15, 0.2) is 0 Å². The van der Waals surface area contributed by atoms with E-state index in [-0.39, 0.29) is 6.42 Å². The molecule has 0 saturated carbocycles. The second-order valence-corrected chi connectivity index (χ2v) is 10.8. The number of hydrogen-bond donors (Lipinski definition) is 2. The first-order chi connectivity index (χ1) is 14.8. The maximum atomic E-state index is 12.3. The standard InChI is InChI=1S/C20H35N3O7P2/c1-16(2)9-7-11-18(5)13-14-20(15-19(6)12-8-10-17(3)4)28-31(24,25)30-32(26,27)29-23-22-21/h9-10,13,15,20H,7-8,11-12,14H2,1-6H3,(H,24,25)(H,26,27)/b18-13+,19-15+. The van der Waals surface area contributed by atoms with E-state index in [0.29, 0.717) is 6.42 Å². The molecule has 3 atom stereocenters. The third-order valence-corrected chi connectivity index (χ3v) is 6.47. The summed E-state index contributed by atoms with van der Waals surface area (Å²) >= 11 is 0. The van der Waals surface area contributed by atoms with Gasteiger partial charge in [-0.2, -0.15) is 4.31 Å². The van der Waals surface area contributed by atoms with Crippen molar-refractivity contribution in [1.29, 1.82) is 0 Å². The summed E-state index contributed by atoms with van der Waals surface area (Å²) in [5.74, 6) is 0. The van der Waals surface area contributed by atoms with E-state index in [1.54, 1.807) is 6.08 Å². The summed E-state index contributed by atoms with van der Waals surface area (Å²) in [5, 5.41) is 2.43. The Labute approximate surface area is 190 Å². The molecular weight excluding hydrogens is 456 g/mol. The normalized spacial score (nSPS) is 16.8. The summed E-state index contributed by atoms with van der Waals surface area (Å²) in [6, 6.07) is 0. The fourth-order valence-electron chi connectivity index (χ4n) is 2.54. The van der Waals surface area contributed by atoms with Crippen molar-refractivity contribution < 1.29 is 32.4 Å². The topological polar surface area (TPSA) is 151 Å². The summed E-state index contributed by atoms with van der Waals surface area (Å²) in [6.07, 6.45) is 10.3. The number of hydrogen-bond acceptors (Lipinski definition) is 6. The average molecular weight is 491 g/mol. The molecule has 0 aromatic carbocycles. The Morgan fingerprint density at radius 3 is 1.97 bits per heavy atom. The molecule has 0 rings (SSSR count). The largest absolute Gasteiger partial charge is 0.542 e. The second-order valence-electron chi connectivity index (χ2n) is 7.85. The van der Waals surface area contributed by atoms with Crippen LogP contribution in [0.3, 0.4) is 0 Å². The van der Waals surface area contributed by atoms with E-state index in [9.17, 15) is 18.9 Å². The molecule has 0 aliphatic rings. The van der Waals surface area contributed by atoms with Crippen molar-refractivity contribution in [2.75, 3.05) is 0 Å². The summed E-state index contributed by atoms with van der Waals surface area (Å²) < 4.78 is 37.1. The molecule has 2 N–H and O–H groups in total. The lowest BCUT2D eigenvalue weighted by atomic mass is 10.0. The fourth-order valence-corrected chi connectivity index (χ4v) is 4.47. The number of phosphoric ester groups is 1. The first kappa shape index (κ1) is 30.4. The van der Waals surface area contributed by atoms with Crippen LogP contribution in [0.25, 0.3) is 10.4 Å². The highest BCUT2D eigenvalue weighted by atomic mass is 31.3. The van der Waals surface area contributed by atoms with Crippen LogP contribution in [0.1, 0.15) is 73.6 Å². The molecule has 0 bridgehead atoms. The quantitative estimate of drug-likeness (QED) is 0.0597. The van der Waals surface area contributed by atoms with Gasteiger partial charge in [0.05, 0.1) is 6.10 Å². The van der Waals surface area contributed by atoms with Gasteiger partial charge in [0.2, 0.25) is 0 Å². The minimum absolute atomic E-state index is 0.251. The Morgan fingerprint density at radius 2 is 1.47 bits per heavy atom. The minimum Gasteiger partial charge on any atom is -0.336 e. The van der Waals surface area contributed by atoms with E-state index in [1.165, 1.54) is 11.1 Å². The van der Waals surface area contributed by atoms with Crippen LogP contribution in [-0.4, -0.2) is 15.9 Å². The average Bonchev–Trinajstić information content (AvgIpc) is 2.62. The third kappa shape index (κ3) is 17.0. The molecule has 0 radical (unpaired) electrons. The van der Waals surface area contributed by atoms with Gasteiger partial charge in [0.25, 0.3) is 0 Å². The maximum Gasteiger partial charge on any atom is 0.542 e. The number of allylic oxidation sites excluding steroid dienone is 6. The Balaban J connectivity index is 5.45. The van der Waals surface area contributed by atoms with Gasteiger partial charge < -0.3 is 9.52 Å². The fraction of sp³-hybridized carbons (Fsp3) is 0.600. The van der Waals surface area contributed by atoms with Crippen LogP contribution in [0.5, 0.6) is 0 Å². The zero-order valence-corrected chi connectivity index (χ0v) is 21.4. The molecule has 10 nitrogen and oxygen atoms in total. The van der Waals surface area contributed by atoms with Crippen molar-refractivity contribution in [3.8, 4) is 0 Å². The van der Waals surface area contributed by atoms with Crippen molar-refractivity contribution in [3.05, 3.63) is 57.0 Å². The molecule has 0 heterocycles. The number of rotatable bonds is 15. The van der Waals surface area contributed by atoms with Crippen molar-refractivity contribution in [1.82, 2.24) is 0 Å². The maximum absolute atomic E-state index is 12.3. The van der Waals surface area contributed by atoms with Crippen LogP contribution in [0, 0.1) is 0 Å². The van der Waals surface area contributed by atoms with Gasteiger partial charge in [-0.1, -0.05) is 46.6 Å². The molecule has 0 aromatic rings. The molecule has 182 valence electrons. The van der Waals surface area contributed by atoms with E-state index in [4.69, 9.17) is 10.1 Å². The molecule has 0 saturated heterocycles. The van der Waals surface area contributed by atoms with Gasteiger partial charge in [0, 0.05) is 4.91 Å². The SMILES string of the molecule is CC(C)=CCC/C(C)=C/CC(/C=C(\C)CCC=C(C)C)OP(=O)(O)OP(=O)(O)ON=[N+]=[N-]. The van der Waals surface area contributed by atoms with Crippen molar-refractivity contribution in [2.24, 2.45) is 5.28 Å². The van der Waals surface area contributed by atoms with Gasteiger partial charge >= 0.3 is 15.6 Å². The van der Waals surface area contributed by atoms with Crippen molar-refractivity contribution in [3.63, 3.8) is 0 Å². The van der Waals surface area contributed by atoms with E-state index in [0.717, 1.165) is 30.4 Å². The highest BCUT2D eigenvalue weighted by molar-refractivity contribution is 7.61. The smallest absolute Gasteiger partial charge is 0.336 e. The second kappa shape index (κ2) is 15.3. The highest BCUT2D eigenvalue weighted by Gasteiger charge is 2.37. The summed E-state index contributed by atoms with van der Waals surface area (Å²) in [4.78, 5) is 21.5. The Morgan fingerprint density at radius 1 is 0.938 bits per heavy atom.